The Bertz CT molecular complexity index is 1810. The smallest absolute Gasteiger partial charge is 0.256 e. The molecule has 6 rings (SSSR count). The highest BCUT2D eigenvalue weighted by atomic mass is 32.2. The first-order valence-electron chi connectivity index (χ1n) is 13.8. The maximum absolute atomic E-state index is 13.8. The molecule has 1 aliphatic heterocycles. The van der Waals surface area contributed by atoms with Crippen LogP contribution in [-0.2, 0) is 7.05 Å². The van der Waals surface area contributed by atoms with Crippen molar-refractivity contribution in [2.24, 2.45) is 7.05 Å². The van der Waals surface area contributed by atoms with E-state index in [9.17, 15) is 18.5 Å². The van der Waals surface area contributed by atoms with E-state index in [2.05, 4.69) is 5.32 Å². The number of benzene rings is 3. The lowest BCUT2D eigenvalue weighted by Crippen LogP contribution is -2.39. The number of halogens is 1. The fourth-order valence-corrected chi connectivity index (χ4v) is 6.29. The van der Waals surface area contributed by atoms with E-state index < -0.39 is 0 Å². The standard InChI is InChI=1S/C32H31FN4O4S/c1-34-31(38)29-24-15-23(27(36(3)42-40)16-28(24)41-30(29)19-10-12-21(33)13-11-19)20-7-6-14-37(17-20)32(39)25-18-35(2)26-9-5-4-8-22(25)26/h4-5,8-13,15-16,18,20,40H,6-7,14,17H2,1-3H3,(H,34,38)/t20-/m0/s1. The number of nitrogens with one attached hydrogen (secondary N) is 1. The summed E-state index contributed by atoms with van der Waals surface area (Å²) in [4.78, 5) is 28.9. The number of anilines is 1. The Labute approximate surface area is 247 Å². The second-order valence-corrected chi connectivity index (χ2v) is 11.4. The quantitative estimate of drug-likeness (QED) is 0.171. The molecule has 2 amide bonds. The van der Waals surface area contributed by atoms with Crippen LogP contribution in [0.15, 0.2) is 71.3 Å². The molecule has 1 fully saturated rings. The minimum absolute atomic E-state index is 0.0167. The highest BCUT2D eigenvalue weighted by molar-refractivity contribution is 7.95. The number of aromatic nitrogens is 1. The highest BCUT2D eigenvalue weighted by Gasteiger charge is 2.31. The molecular formula is C32H31FN4O4S. The van der Waals surface area contributed by atoms with Crippen molar-refractivity contribution in [1.82, 2.24) is 14.8 Å². The molecule has 5 aromatic rings. The van der Waals surface area contributed by atoms with Gasteiger partial charge in [-0.3, -0.25) is 13.9 Å². The molecule has 8 nitrogen and oxygen atoms in total. The predicted molar refractivity (Wildman–Crippen MR) is 164 cm³/mol. The van der Waals surface area contributed by atoms with Crippen LogP contribution in [0.25, 0.3) is 33.2 Å². The molecule has 1 aliphatic rings. The number of nitrogens with zero attached hydrogens (tertiary/aromatic N) is 3. The lowest BCUT2D eigenvalue weighted by molar-refractivity contribution is 0.0709. The number of hydrogen-bond donors (Lipinski definition) is 2. The van der Waals surface area contributed by atoms with Crippen LogP contribution < -0.4 is 9.62 Å². The first-order chi connectivity index (χ1) is 20.3. The van der Waals surface area contributed by atoms with Crippen LogP contribution in [0.3, 0.4) is 0 Å². The van der Waals surface area contributed by atoms with Crippen molar-refractivity contribution >= 4 is 51.6 Å². The molecule has 3 heterocycles. The Balaban J connectivity index is 1.44. The summed E-state index contributed by atoms with van der Waals surface area (Å²) < 4.78 is 33.5. The molecule has 0 bridgehead atoms. The molecule has 2 aromatic heterocycles. The molecule has 0 aliphatic carbocycles. The average Bonchev–Trinajstić information content (AvgIpc) is 3.57. The minimum atomic E-state index is -0.387. The van der Waals surface area contributed by atoms with Gasteiger partial charge in [0.25, 0.3) is 11.8 Å². The van der Waals surface area contributed by atoms with E-state index in [0.29, 0.717) is 58.7 Å². The summed E-state index contributed by atoms with van der Waals surface area (Å²) in [6.45, 7) is 1.13. The summed E-state index contributed by atoms with van der Waals surface area (Å²) in [7, 11) is 5.25. The zero-order chi connectivity index (χ0) is 29.5. The second kappa shape index (κ2) is 11.2. The molecular weight excluding hydrogens is 555 g/mol. The summed E-state index contributed by atoms with van der Waals surface area (Å²) >= 11 is 0.580. The number of piperidine rings is 1. The Morgan fingerprint density at radius 1 is 1.12 bits per heavy atom. The van der Waals surface area contributed by atoms with Gasteiger partial charge in [0, 0.05) is 74.3 Å². The number of rotatable bonds is 6. The van der Waals surface area contributed by atoms with Crippen molar-refractivity contribution in [3.8, 4) is 11.3 Å². The Morgan fingerprint density at radius 2 is 1.88 bits per heavy atom. The molecule has 10 heteroatoms. The molecule has 0 radical (unpaired) electrons. The Kier molecular flexibility index (Phi) is 7.42. The molecule has 0 saturated carbocycles. The van der Waals surface area contributed by atoms with Gasteiger partial charge >= 0.3 is 0 Å². The number of hydrogen-bond acceptors (Lipinski definition) is 6. The zero-order valence-corrected chi connectivity index (χ0v) is 24.4. The number of fused-ring (bicyclic) bond motifs is 2. The molecule has 1 saturated heterocycles. The molecule has 3 aromatic carbocycles. The van der Waals surface area contributed by atoms with Gasteiger partial charge in [-0.05, 0) is 54.8 Å². The zero-order valence-electron chi connectivity index (χ0n) is 23.6. The van der Waals surface area contributed by atoms with Crippen LogP contribution in [0.1, 0.15) is 45.0 Å². The number of likely N-dealkylation sites (tertiary alicyclic amines) is 1. The Hall–Kier alpha value is -4.28. The van der Waals surface area contributed by atoms with Crippen molar-refractivity contribution in [3.05, 3.63) is 89.4 Å². The summed E-state index contributed by atoms with van der Waals surface area (Å²) in [5.41, 5.74) is 4.69. The average molecular weight is 587 g/mol. The van der Waals surface area contributed by atoms with Gasteiger partial charge in [-0.1, -0.05) is 18.2 Å². The fourth-order valence-electron chi connectivity index (χ4n) is 6.05. The molecule has 216 valence electrons. The van der Waals surface area contributed by atoms with Gasteiger partial charge in [-0.2, -0.15) is 0 Å². The third kappa shape index (κ3) is 4.80. The van der Waals surface area contributed by atoms with Gasteiger partial charge < -0.3 is 23.8 Å². The molecule has 1 atom stereocenters. The topological polar surface area (TPSA) is 91.0 Å². The second-order valence-electron chi connectivity index (χ2n) is 10.6. The predicted octanol–water partition coefficient (Wildman–Crippen LogP) is 6.67. The minimum Gasteiger partial charge on any atom is -0.455 e. The lowest BCUT2D eigenvalue weighted by atomic mass is 9.87. The largest absolute Gasteiger partial charge is 0.455 e. The normalized spacial score (nSPS) is 15.4. The van der Waals surface area contributed by atoms with E-state index in [0.717, 1.165) is 35.0 Å². The van der Waals surface area contributed by atoms with Gasteiger partial charge in [-0.25, -0.2) is 4.39 Å². The molecule has 0 unspecified atom stereocenters. The fraction of sp³-hybridized carbons (Fsp3) is 0.250. The highest BCUT2D eigenvalue weighted by Crippen LogP contribution is 2.42. The van der Waals surface area contributed by atoms with E-state index in [4.69, 9.17) is 4.42 Å². The summed E-state index contributed by atoms with van der Waals surface area (Å²) in [5, 5.41) is 4.24. The van der Waals surface area contributed by atoms with Crippen molar-refractivity contribution in [1.29, 1.82) is 0 Å². The first-order valence-corrected chi connectivity index (χ1v) is 14.5. The molecule has 2 N–H and O–H groups in total. The summed E-state index contributed by atoms with van der Waals surface area (Å²) in [6.07, 6.45) is 3.53. The monoisotopic (exact) mass is 586 g/mol. The molecule has 0 spiro atoms. The van der Waals surface area contributed by atoms with Gasteiger partial charge in [0.15, 0.2) is 0 Å². The molecule has 42 heavy (non-hydrogen) atoms. The number of carbonyl (C=O) groups excluding carboxylic acids is 2. The van der Waals surface area contributed by atoms with Crippen LogP contribution in [0, 0.1) is 5.82 Å². The lowest BCUT2D eigenvalue weighted by Gasteiger charge is -2.34. The van der Waals surface area contributed by atoms with Crippen molar-refractivity contribution in [2.75, 3.05) is 31.5 Å². The number of amides is 2. The van der Waals surface area contributed by atoms with E-state index >= 15 is 0 Å². The van der Waals surface area contributed by atoms with Crippen molar-refractivity contribution in [2.45, 2.75) is 18.8 Å². The van der Waals surface area contributed by atoms with E-state index in [-0.39, 0.29) is 23.5 Å². The maximum Gasteiger partial charge on any atom is 0.256 e. The first kappa shape index (κ1) is 27.9. The number of para-hydroxylation sites is 1. The van der Waals surface area contributed by atoms with E-state index in [1.807, 2.05) is 59.1 Å². The summed E-state index contributed by atoms with van der Waals surface area (Å²) in [5.74, 6) is -0.441. The van der Waals surface area contributed by atoms with E-state index in [1.54, 1.807) is 30.5 Å². The third-order valence-corrected chi connectivity index (χ3v) is 8.58. The van der Waals surface area contributed by atoms with Crippen LogP contribution >= 0.6 is 12.2 Å². The SMILES string of the molecule is CNC(=O)c1c(-c2ccc(F)cc2)oc2cc(N(C)SO)c([C@H]3CCCN(C(=O)c4cn(C)c5ccccc45)C3)cc12. The van der Waals surface area contributed by atoms with Crippen molar-refractivity contribution < 1.29 is 22.9 Å². The Morgan fingerprint density at radius 3 is 2.62 bits per heavy atom. The number of aryl methyl sites for hydroxylation is 1. The van der Waals surface area contributed by atoms with Gasteiger partial charge in [0.1, 0.15) is 29.4 Å². The maximum atomic E-state index is 13.8. The summed E-state index contributed by atoms with van der Waals surface area (Å²) in [6, 6.07) is 17.4. The number of furan rings is 1. The van der Waals surface area contributed by atoms with Gasteiger partial charge in [0.2, 0.25) is 0 Å². The van der Waals surface area contributed by atoms with Gasteiger partial charge in [0.05, 0.1) is 16.8 Å². The van der Waals surface area contributed by atoms with Crippen LogP contribution in [0.4, 0.5) is 10.1 Å². The van der Waals surface area contributed by atoms with Crippen LogP contribution in [-0.4, -0.2) is 53.0 Å². The van der Waals surface area contributed by atoms with E-state index in [1.165, 1.54) is 12.1 Å². The van der Waals surface area contributed by atoms with Crippen molar-refractivity contribution in [3.63, 3.8) is 0 Å². The van der Waals surface area contributed by atoms with Crippen LogP contribution in [0.5, 0.6) is 0 Å². The van der Waals surface area contributed by atoms with Crippen LogP contribution in [0.2, 0.25) is 0 Å². The number of carbonyl (C=O) groups is 2. The third-order valence-electron chi connectivity index (χ3n) is 8.14. The van der Waals surface area contributed by atoms with Gasteiger partial charge in [-0.15, -0.1) is 0 Å².